The first-order valence-electron chi connectivity index (χ1n) is 9.29. The van der Waals surface area contributed by atoms with Crippen molar-refractivity contribution in [1.29, 1.82) is 5.26 Å². The van der Waals surface area contributed by atoms with Crippen LogP contribution in [0.1, 0.15) is 47.8 Å². The van der Waals surface area contributed by atoms with Gasteiger partial charge < -0.3 is 4.90 Å². The van der Waals surface area contributed by atoms with E-state index >= 15 is 0 Å². The third kappa shape index (κ3) is 3.87. The van der Waals surface area contributed by atoms with E-state index in [1.807, 2.05) is 26.0 Å². The molecule has 2 aromatic carbocycles. The third-order valence-electron chi connectivity index (χ3n) is 5.07. The highest BCUT2D eigenvalue weighted by atomic mass is 32.2. The SMILES string of the molecule is CCN(C(=O)c1cccc(N2CCCS2(=O)=O)c1)C(C)c1ccc(C#N)cc1. The summed E-state index contributed by atoms with van der Waals surface area (Å²) < 4.78 is 25.8. The van der Waals surface area contributed by atoms with E-state index in [9.17, 15) is 13.2 Å². The van der Waals surface area contributed by atoms with Crippen LogP contribution in [-0.2, 0) is 10.0 Å². The molecule has 1 amide bonds. The maximum absolute atomic E-state index is 13.1. The van der Waals surface area contributed by atoms with Gasteiger partial charge in [-0.3, -0.25) is 9.10 Å². The van der Waals surface area contributed by atoms with Crippen LogP contribution in [0.5, 0.6) is 0 Å². The summed E-state index contributed by atoms with van der Waals surface area (Å²) in [5.74, 6) is -0.0140. The van der Waals surface area contributed by atoms with Gasteiger partial charge in [-0.25, -0.2) is 8.42 Å². The van der Waals surface area contributed by atoms with Crippen LogP contribution >= 0.6 is 0 Å². The lowest BCUT2D eigenvalue weighted by atomic mass is 10.0. The fourth-order valence-electron chi connectivity index (χ4n) is 3.50. The highest BCUT2D eigenvalue weighted by Gasteiger charge is 2.29. The minimum Gasteiger partial charge on any atom is -0.332 e. The third-order valence-corrected chi connectivity index (χ3v) is 6.94. The fourth-order valence-corrected chi connectivity index (χ4v) is 5.06. The van der Waals surface area contributed by atoms with Gasteiger partial charge in [-0.1, -0.05) is 18.2 Å². The zero-order valence-electron chi connectivity index (χ0n) is 16.0. The van der Waals surface area contributed by atoms with Crippen molar-refractivity contribution in [2.75, 3.05) is 23.1 Å². The molecule has 0 spiro atoms. The van der Waals surface area contributed by atoms with Crippen molar-refractivity contribution in [3.05, 3.63) is 65.2 Å². The summed E-state index contributed by atoms with van der Waals surface area (Å²) in [5.41, 5.74) is 2.50. The number of hydrogen-bond acceptors (Lipinski definition) is 4. The molecule has 7 heteroatoms. The topological polar surface area (TPSA) is 81.5 Å². The number of nitriles is 1. The van der Waals surface area contributed by atoms with Gasteiger partial charge in [0.25, 0.3) is 5.91 Å². The monoisotopic (exact) mass is 397 g/mol. The largest absolute Gasteiger partial charge is 0.332 e. The molecule has 0 radical (unpaired) electrons. The van der Waals surface area contributed by atoms with Gasteiger partial charge in [-0.2, -0.15) is 5.26 Å². The van der Waals surface area contributed by atoms with Crippen molar-refractivity contribution in [3.8, 4) is 6.07 Å². The molecule has 1 atom stereocenters. The number of hydrogen-bond donors (Lipinski definition) is 0. The Labute approximate surface area is 166 Å². The average Bonchev–Trinajstić information content (AvgIpc) is 3.07. The van der Waals surface area contributed by atoms with E-state index in [1.54, 1.807) is 41.3 Å². The molecule has 0 aliphatic carbocycles. The fraction of sp³-hybridized carbons (Fsp3) is 0.333. The van der Waals surface area contributed by atoms with Crippen molar-refractivity contribution in [1.82, 2.24) is 4.90 Å². The molecular formula is C21H23N3O3S. The molecule has 1 aliphatic heterocycles. The molecule has 1 saturated heterocycles. The number of nitrogens with zero attached hydrogens (tertiary/aromatic N) is 3. The first-order valence-corrected chi connectivity index (χ1v) is 10.9. The van der Waals surface area contributed by atoms with Gasteiger partial charge in [-0.05, 0) is 56.2 Å². The van der Waals surface area contributed by atoms with Crippen LogP contribution in [0.25, 0.3) is 0 Å². The molecule has 0 N–H and O–H groups in total. The Morgan fingerprint density at radius 2 is 1.96 bits per heavy atom. The molecule has 3 rings (SSSR count). The van der Waals surface area contributed by atoms with Crippen LogP contribution in [0.4, 0.5) is 5.69 Å². The smallest absolute Gasteiger partial charge is 0.254 e. The minimum atomic E-state index is -3.29. The maximum atomic E-state index is 13.1. The van der Waals surface area contributed by atoms with Crippen molar-refractivity contribution < 1.29 is 13.2 Å². The number of benzene rings is 2. The van der Waals surface area contributed by atoms with Gasteiger partial charge in [0.2, 0.25) is 10.0 Å². The standard InChI is InChI=1S/C21H23N3O3S/c1-3-23(16(2)18-10-8-17(15-22)9-11-18)21(25)19-6-4-7-20(14-19)24-12-5-13-28(24,26)27/h4,6-11,14,16H,3,5,12-13H2,1-2H3. The van der Waals surface area contributed by atoms with E-state index in [2.05, 4.69) is 6.07 Å². The molecule has 0 bridgehead atoms. The van der Waals surface area contributed by atoms with Crippen molar-refractivity contribution in [2.45, 2.75) is 26.3 Å². The van der Waals surface area contributed by atoms with Gasteiger partial charge in [0.1, 0.15) is 0 Å². The molecular weight excluding hydrogens is 374 g/mol. The molecule has 1 aliphatic rings. The first kappa shape index (κ1) is 19.9. The van der Waals surface area contributed by atoms with E-state index in [0.29, 0.717) is 36.3 Å². The Morgan fingerprint density at radius 3 is 2.54 bits per heavy atom. The molecule has 28 heavy (non-hydrogen) atoms. The lowest BCUT2D eigenvalue weighted by molar-refractivity contribution is 0.0702. The maximum Gasteiger partial charge on any atom is 0.254 e. The summed E-state index contributed by atoms with van der Waals surface area (Å²) in [6, 6.07) is 15.9. The molecule has 2 aromatic rings. The van der Waals surface area contributed by atoms with E-state index < -0.39 is 10.0 Å². The van der Waals surface area contributed by atoms with Crippen LogP contribution in [0.15, 0.2) is 48.5 Å². The zero-order valence-corrected chi connectivity index (χ0v) is 16.8. The highest BCUT2D eigenvalue weighted by molar-refractivity contribution is 7.93. The average molecular weight is 398 g/mol. The number of carbonyl (C=O) groups excluding carboxylic acids is 1. The lowest BCUT2D eigenvalue weighted by Gasteiger charge is -2.29. The number of amides is 1. The summed E-state index contributed by atoms with van der Waals surface area (Å²) in [6.45, 7) is 4.80. The normalized spacial score (nSPS) is 16.4. The molecule has 1 fully saturated rings. The van der Waals surface area contributed by atoms with Gasteiger partial charge in [0.15, 0.2) is 0 Å². The predicted octanol–water partition coefficient (Wildman–Crippen LogP) is 3.32. The Kier molecular flexibility index (Phi) is 5.71. The molecule has 146 valence electrons. The molecule has 1 unspecified atom stereocenters. The van der Waals surface area contributed by atoms with Crippen molar-refractivity contribution in [2.24, 2.45) is 0 Å². The predicted molar refractivity (Wildman–Crippen MR) is 108 cm³/mol. The van der Waals surface area contributed by atoms with E-state index in [1.165, 1.54) is 4.31 Å². The number of rotatable bonds is 5. The van der Waals surface area contributed by atoms with Gasteiger partial charge in [-0.15, -0.1) is 0 Å². The number of carbonyl (C=O) groups is 1. The molecule has 0 saturated carbocycles. The second-order valence-corrected chi connectivity index (χ2v) is 8.81. The van der Waals surface area contributed by atoms with Gasteiger partial charge in [0.05, 0.1) is 29.1 Å². The second kappa shape index (κ2) is 8.03. The lowest BCUT2D eigenvalue weighted by Crippen LogP contribution is -2.33. The summed E-state index contributed by atoms with van der Waals surface area (Å²) in [5, 5.41) is 8.95. The Hall–Kier alpha value is -2.85. The first-order chi connectivity index (χ1) is 13.4. The van der Waals surface area contributed by atoms with Crippen LogP contribution in [0.3, 0.4) is 0 Å². The molecule has 1 heterocycles. The van der Waals surface area contributed by atoms with Crippen molar-refractivity contribution >= 4 is 21.6 Å². The quantitative estimate of drug-likeness (QED) is 0.775. The van der Waals surface area contributed by atoms with E-state index in [0.717, 1.165) is 5.56 Å². The minimum absolute atomic E-state index is 0.141. The van der Waals surface area contributed by atoms with E-state index in [-0.39, 0.29) is 17.7 Å². The Bertz CT molecular complexity index is 1010. The Morgan fingerprint density at radius 1 is 1.25 bits per heavy atom. The summed E-state index contributed by atoms with van der Waals surface area (Å²) in [4.78, 5) is 14.9. The summed E-state index contributed by atoms with van der Waals surface area (Å²) >= 11 is 0. The van der Waals surface area contributed by atoms with Crippen LogP contribution < -0.4 is 4.31 Å². The van der Waals surface area contributed by atoms with Crippen LogP contribution in [-0.4, -0.2) is 38.1 Å². The zero-order chi connectivity index (χ0) is 20.3. The summed E-state index contributed by atoms with van der Waals surface area (Å²) in [7, 11) is -3.29. The van der Waals surface area contributed by atoms with Crippen LogP contribution in [0.2, 0.25) is 0 Å². The Balaban J connectivity index is 1.87. The molecule has 6 nitrogen and oxygen atoms in total. The van der Waals surface area contributed by atoms with Crippen LogP contribution in [0, 0.1) is 11.3 Å². The number of sulfonamides is 1. The molecule has 0 aromatic heterocycles. The highest BCUT2D eigenvalue weighted by Crippen LogP contribution is 2.27. The summed E-state index contributed by atoms with van der Waals surface area (Å²) in [6.07, 6.45) is 0.595. The van der Waals surface area contributed by atoms with Crippen molar-refractivity contribution in [3.63, 3.8) is 0 Å². The van der Waals surface area contributed by atoms with Gasteiger partial charge in [0, 0.05) is 18.7 Å². The number of anilines is 1. The van der Waals surface area contributed by atoms with Gasteiger partial charge >= 0.3 is 0 Å². The van der Waals surface area contributed by atoms with E-state index in [4.69, 9.17) is 5.26 Å². The second-order valence-electron chi connectivity index (χ2n) is 6.79.